The quantitative estimate of drug-likeness (QED) is 0.0461. The van der Waals surface area contributed by atoms with E-state index >= 15 is 0 Å². The molecule has 1 fully saturated rings. The molecule has 1 atom stereocenters. The fraction of sp³-hybridized carbons (Fsp3) is 0.976. The SMILES string of the molecule is CCCCCCCCCCCCCCCCCCC1(N(C)C(C)NC(=O)CCCCCCCCCCCCCCCCC)NCCN1. The predicted octanol–water partition coefficient (Wildman–Crippen LogP) is 12.1. The Morgan fingerprint density at radius 2 is 0.830 bits per heavy atom. The molecule has 0 spiro atoms. The molecule has 1 aliphatic rings. The molecule has 1 amide bonds. The number of nitrogens with zero attached hydrogens (tertiary/aromatic N) is 1. The van der Waals surface area contributed by atoms with Crippen molar-refractivity contribution in [2.45, 2.75) is 245 Å². The average molecular weight is 663 g/mol. The normalized spacial score (nSPS) is 15.1. The minimum absolute atomic E-state index is 0.0120. The number of carbonyl (C=O) groups is 1. The third-order valence-electron chi connectivity index (χ3n) is 10.9. The maximum Gasteiger partial charge on any atom is 0.221 e. The average Bonchev–Trinajstić information content (AvgIpc) is 3.56. The largest absolute Gasteiger partial charge is 0.341 e. The summed E-state index contributed by atoms with van der Waals surface area (Å²) in [6, 6.07) is 0. The molecule has 0 aromatic carbocycles. The first-order valence-electron chi connectivity index (χ1n) is 21.6. The lowest BCUT2D eigenvalue weighted by atomic mass is 10.0. The number of hydrogen-bond acceptors (Lipinski definition) is 4. The van der Waals surface area contributed by atoms with E-state index in [-0.39, 0.29) is 17.9 Å². The van der Waals surface area contributed by atoms with Crippen LogP contribution in [-0.4, -0.2) is 42.9 Å². The van der Waals surface area contributed by atoms with Crippen molar-refractivity contribution in [1.82, 2.24) is 20.9 Å². The van der Waals surface area contributed by atoms with Crippen LogP contribution in [0.15, 0.2) is 0 Å². The van der Waals surface area contributed by atoms with Gasteiger partial charge in [0.25, 0.3) is 0 Å². The lowest BCUT2D eigenvalue weighted by molar-refractivity contribution is -0.124. The number of unbranched alkanes of at least 4 members (excludes halogenated alkanes) is 29. The van der Waals surface area contributed by atoms with Crippen LogP contribution in [0.25, 0.3) is 0 Å². The highest BCUT2D eigenvalue weighted by Crippen LogP contribution is 2.22. The second kappa shape index (κ2) is 32.5. The predicted molar refractivity (Wildman–Crippen MR) is 208 cm³/mol. The molecule has 0 aromatic rings. The molecular weight excluding hydrogens is 576 g/mol. The van der Waals surface area contributed by atoms with Crippen molar-refractivity contribution in [3.63, 3.8) is 0 Å². The van der Waals surface area contributed by atoms with Gasteiger partial charge in [-0.1, -0.05) is 200 Å². The summed E-state index contributed by atoms with van der Waals surface area (Å²) in [6.45, 7) is 8.71. The molecule has 5 nitrogen and oxygen atoms in total. The van der Waals surface area contributed by atoms with E-state index < -0.39 is 0 Å². The van der Waals surface area contributed by atoms with Crippen LogP contribution in [-0.2, 0) is 4.79 Å². The summed E-state index contributed by atoms with van der Waals surface area (Å²) in [5.74, 6) is 0.00624. The zero-order chi connectivity index (χ0) is 34.1. The van der Waals surface area contributed by atoms with Gasteiger partial charge < -0.3 is 5.32 Å². The molecule has 1 unspecified atom stereocenters. The first-order valence-corrected chi connectivity index (χ1v) is 21.6. The summed E-state index contributed by atoms with van der Waals surface area (Å²) in [4.78, 5) is 15.1. The van der Waals surface area contributed by atoms with Gasteiger partial charge in [0.2, 0.25) is 5.91 Å². The molecule has 1 saturated heterocycles. The van der Waals surface area contributed by atoms with E-state index in [2.05, 4.69) is 48.7 Å². The maximum absolute atomic E-state index is 12.7. The lowest BCUT2D eigenvalue weighted by Crippen LogP contribution is -2.66. The van der Waals surface area contributed by atoms with Gasteiger partial charge in [-0.25, -0.2) is 0 Å². The molecule has 1 rings (SSSR count). The first kappa shape index (κ1) is 44.4. The van der Waals surface area contributed by atoms with E-state index in [4.69, 9.17) is 0 Å². The molecule has 1 aliphatic heterocycles. The lowest BCUT2D eigenvalue weighted by Gasteiger charge is -2.42. The standard InChI is InChI=1S/C42H86N4O/c1-5-7-9-11-13-15-17-19-21-23-25-27-29-31-33-35-37-42(43-38-39-44-42)46(4)40(3)45-41(47)36-34-32-30-28-26-24-22-20-18-16-14-12-10-8-6-2/h40,43-44H,5-39H2,1-4H3,(H,45,47). The molecule has 1 heterocycles. The van der Waals surface area contributed by atoms with Gasteiger partial charge in [0, 0.05) is 19.5 Å². The highest BCUT2D eigenvalue weighted by atomic mass is 16.1. The summed E-state index contributed by atoms with van der Waals surface area (Å²) in [7, 11) is 2.16. The minimum atomic E-state index is -0.197. The zero-order valence-electron chi connectivity index (χ0n) is 32.7. The minimum Gasteiger partial charge on any atom is -0.341 e. The molecule has 0 aromatic heterocycles. The molecule has 0 radical (unpaired) electrons. The molecule has 0 saturated carbocycles. The topological polar surface area (TPSA) is 56.4 Å². The summed E-state index contributed by atoms with van der Waals surface area (Å²) >= 11 is 0. The van der Waals surface area contributed by atoms with E-state index in [0.717, 1.165) is 25.9 Å². The number of nitrogens with one attached hydrogen (secondary N) is 3. The molecule has 0 bridgehead atoms. The molecule has 3 N–H and O–H groups in total. The van der Waals surface area contributed by atoms with Crippen LogP contribution < -0.4 is 16.0 Å². The highest BCUT2D eigenvalue weighted by molar-refractivity contribution is 5.76. The molecule has 0 aliphatic carbocycles. The van der Waals surface area contributed by atoms with E-state index in [1.807, 2.05) is 0 Å². The fourth-order valence-electron chi connectivity index (χ4n) is 7.52. The fourth-order valence-corrected chi connectivity index (χ4v) is 7.52. The van der Waals surface area contributed by atoms with Gasteiger partial charge in [0.05, 0.1) is 6.17 Å². The van der Waals surface area contributed by atoms with Crippen LogP contribution in [0.3, 0.4) is 0 Å². The van der Waals surface area contributed by atoms with Crippen LogP contribution in [0.1, 0.15) is 233 Å². The van der Waals surface area contributed by atoms with Crippen LogP contribution in [0.5, 0.6) is 0 Å². The van der Waals surface area contributed by atoms with Gasteiger partial charge in [-0.2, -0.15) is 0 Å². The van der Waals surface area contributed by atoms with Crippen LogP contribution >= 0.6 is 0 Å². The van der Waals surface area contributed by atoms with Crippen LogP contribution in [0.4, 0.5) is 0 Å². The van der Waals surface area contributed by atoms with Crippen molar-refractivity contribution in [2.75, 3.05) is 20.1 Å². The Morgan fingerprint density at radius 3 is 1.17 bits per heavy atom. The summed E-state index contributed by atoms with van der Waals surface area (Å²) in [5.41, 5.74) is 0. The van der Waals surface area contributed by atoms with E-state index in [9.17, 15) is 4.79 Å². The Labute approximate surface area is 295 Å². The van der Waals surface area contributed by atoms with Crippen molar-refractivity contribution in [3.05, 3.63) is 0 Å². The van der Waals surface area contributed by atoms with Crippen LogP contribution in [0.2, 0.25) is 0 Å². The third kappa shape index (κ3) is 25.0. The van der Waals surface area contributed by atoms with Crippen LogP contribution in [0, 0.1) is 0 Å². The Bertz CT molecular complexity index is 665. The smallest absolute Gasteiger partial charge is 0.221 e. The van der Waals surface area contributed by atoms with Gasteiger partial charge in [-0.15, -0.1) is 0 Å². The Kier molecular flexibility index (Phi) is 30.7. The van der Waals surface area contributed by atoms with Gasteiger partial charge >= 0.3 is 0 Å². The Morgan fingerprint density at radius 1 is 0.532 bits per heavy atom. The zero-order valence-corrected chi connectivity index (χ0v) is 32.7. The number of carbonyl (C=O) groups excluding carboxylic acids is 1. The maximum atomic E-state index is 12.7. The molecule has 280 valence electrons. The van der Waals surface area contributed by atoms with E-state index in [1.54, 1.807) is 0 Å². The van der Waals surface area contributed by atoms with E-state index in [0.29, 0.717) is 6.42 Å². The second-order valence-corrected chi connectivity index (χ2v) is 15.3. The number of hydrogen-bond donors (Lipinski definition) is 3. The van der Waals surface area contributed by atoms with Crippen molar-refractivity contribution in [1.29, 1.82) is 0 Å². The van der Waals surface area contributed by atoms with Gasteiger partial charge in [0.15, 0.2) is 0 Å². The summed E-state index contributed by atoms with van der Waals surface area (Å²) in [5, 5.41) is 10.8. The van der Waals surface area contributed by atoms with Crippen molar-refractivity contribution in [3.8, 4) is 0 Å². The van der Waals surface area contributed by atoms with Gasteiger partial charge in [0.1, 0.15) is 5.79 Å². The highest BCUT2D eigenvalue weighted by Gasteiger charge is 2.39. The number of amides is 1. The number of rotatable bonds is 36. The molecule has 5 heteroatoms. The van der Waals surface area contributed by atoms with Crippen molar-refractivity contribution >= 4 is 5.91 Å². The Hall–Kier alpha value is -0.650. The molecule has 47 heavy (non-hydrogen) atoms. The van der Waals surface area contributed by atoms with Crippen molar-refractivity contribution < 1.29 is 4.79 Å². The summed E-state index contributed by atoms with van der Waals surface area (Å²) < 4.78 is 0. The molecular formula is C42H86N4O. The summed E-state index contributed by atoms with van der Waals surface area (Å²) in [6.07, 6.45) is 44.5. The second-order valence-electron chi connectivity index (χ2n) is 15.3. The van der Waals surface area contributed by atoms with E-state index in [1.165, 1.54) is 193 Å². The third-order valence-corrected chi connectivity index (χ3v) is 10.9. The van der Waals surface area contributed by atoms with Crippen molar-refractivity contribution in [2.24, 2.45) is 0 Å². The van der Waals surface area contributed by atoms with Gasteiger partial charge in [-0.3, -0.25) is 20.3 Å². The first-order chi connectivity index (χ1) is 23.1. The monoisotopic (exact) mass is 663 g/mol. The van der Waals surface area contributed by atoms with Gasteiger partial charge in [-0.05, 0) is 33.2 Å². The Balaban J connectivity index is 2.02.